The molecule has 1 heterocycles. The molecular weight excluding hydrogens is 468 g/mol. The second-order valence-electron chi connectivity index (χ2n) is 8.89. The minimum atomic E-state index is -3.91. The molecule has 3 aromatic rings. The first-order valence-electron chi connectivity index (χ1n) is 11.2. The van der Waals surface area contributed by atoms with Gasteiger partial charge in [-0.25, -0.2) is 18.2 Å². The number of carbonyl (C=O) groups excluding carboxylic acids is 1. The van der Waals surface area contributed by atoms with Gasteiger partial charge in [0.1, 0.15) is 0 Å². The number of hydrogen-bond donors (Lipinski definition) is 3. The lowest BCUT2D eigenvalue weighted by molar-refractivity contribution is -0.0940. The van der Waals surface area contributed by atoms with Gasteiger partial charge < -0.3 is 9.84 Å². The van der Waals surface area contributed by atoms with Gasteiger partial charge in [0.15, 0.2) is 0 Å². The molecular formula is C26H28N2O6S. The number of nitrogens with one attached hydrogen (secondary N) is 1. The van der Waals surface area contributed by atoms with Crippen molar-refractivity contribution >= 4 is 15.9 Å². The van der Waals surface area contributed by atoms with Gasteiger partial charge in [-0.05, 0) is 23.8 Å². The standard InChI is InChI=1S/C26H28N2O6S/c1-26(17-28(31)25(30)20-12-6-3-7-13-20)18-34-22(24(26)29)16-27-35(32,33)23-15-9-8-14-21(23)19-10-4-2-5-11-19/h2-15,22,24,27,29,31H,16-18H2,1H3/t22-,24-,26-/m1/s1. The molecule has 0 spiro atoms. The molecule has 0 unspecified atom stereocenters. The Morgan fingerprint density at radius 3 is 2.31 bits per heavy atom. The SMILES string of the molecule is C[C@@]1(CN(O)C(=O)c2ccccc2)CO[C@H](CNS(=O)(=O)c2ccccc2-c2ccccc2)[C@H]1O. The third kappa shape index (κ3) is 5.44. The maximum absolute atomic E-state index is 13.1. The van der Waals surface area contributed by atoms with Gasteiger partial charge in [-0.15, -0.1) is 0 Å². The molecule has 9 heteroatoms. The van der Waals surface area contributed by atoms with Gasteiger partial charge in [0.25, 0.3) is 5.91 Å². The lowest BCUT2D eigenvalue weighted by Crippen LogP contribution is -2.47. The van der Waals surface area contributed by atoms with E-state index in [2.05, 4.69) is 4.72 Å². The number of hydroxylamine groups is 2. The molecule has 0 bridgehead atoms. The second kappa shape index (κ2) is 10.3. The van der Waals surface area contributed by atoms with Crippen LogP contribution in [-0.4, -0.2) is 61.6 Å². The summed E-state index contributed by atoms with van der Waals surface area (Å²) >= 11 is 0. The quantitative estimate of drug-likeness (QED) is 0.326. The lowest BCUT2D eigenvalue weighted by Gasteiger charge is -2.31. The van der Waals surface area contributed by atoms with Crippen LogP contribution in [0.3, 0.4) is 0 Å². The van der Waals surface area contributed by atoms with Crippen LogP contribution in [0.1, 0.15) is 17.3 Å². The van der Waals surface area contributed by atoms with Crippen molar-refractivity contribution in [3.8, 4) is 11.1 Å². The van der Waals surface area contributed by atoms with E-state index in [1.807, 2.05) is 30.3 Å². The van der Waals surface area contributed by atoms with E-state index in [9.17, 15) is 23.5 Å². The topological polar surface area (TPSA) is 116 Å². The van der Waals surface area contributed by atoms with E-state index in [1.165, 1.54) is 6.07 Å². The summed E-state index contributed by atoms with van der Waals surface area (Å²) in [6.45, 7) is 1.38. The first-order valence-corrected chi connectivity index (χ1v) is 12.7. The van der Waals surface area contributed by atoms with Crippen LogP contribution >= 0.6 is 0 Å². The van der Waals surface area contributed by atoms with E-state index < -0.39 is 33.6 Å². The first-order chi connectivity index (χ1) is 16.7. The molecule has 35 heavy (non-hydrogen) atoms. The highest BCUT2D eigenvalue weighted by Gasteiger charge is 2.47. The average molecular weight is 497 g/mol. The van der Waals surface area contributed by atoms with E-state index >= 15 is 0 Å². The molecule has 4 rings (SSSR count). The Hall–Kier alpha value is -3.08. The van der Waals surface area contributed by atoms with Crippen molar-refractivity contribution in [1.82, 2.24) is 9.79 Å². The van der Waals surface area contributed by atoms with Crippen molar-refractivity contribution in [3.05, 3.63) is 90.5 Å². The molecule has 0 radical (unpaired) electrons. The van der Waals surface area contributed by atoms with Crippen molar-refractivity contribution in [2.75, 3.05) is 19.7 Å². The van der Waals surface area contributed by atoms with E-state index in [1.54, 1.807) is 55.5 Å². The summed E-state index contributed by atoms with van der Waals surface area (Å²) in [6, 6.07) is 24.2. The Morgan fingerprint density at radius 2 is 1.63 bits per heavy atom. The van der Waals surface area contributed by atoms with Gasteiger partial charge in [-0.2, -0.15) is 0 Å². The van der Waals surface area contributed by atoms with Gasteiger partial charge in [-0.3, -0.25) is 10.0 Å². The maximum atomic E-state index is 13.1. The number of aliphatic hydroxyl groups excluding tert-OH is 1. The summed E-state index contributed by atoms with van der Waals surface area (Å²) in [7, 11) is -3.91. The van der Waals surface area contributed by atoms with Gasteiger partial charge >= 0.3 is 0 Å². The number of ether oxygens (including phenoxy) is 1. The molecule has 3 atom stereocenters. The average Bonchev–Trinajstić information content (AvgIpc) is 3.16. The Labute approximate surface area is 204 Å². The van der Waals surface area contributed by atoms with Crippen molar-refractivity contribution in [3.63, 3.8) is 0 Å². The molecule has 184 valence electrons. The Bertz CT molecular complexity index is 1270. The highest BCUT2D eigenvalue weighted by molar-refractivity contribution is 7.89. The minimum Gasteiger partial charge on any atom is -0.390 e. The smallest absolute Gasteiger partial charge is 0.277 e. The molecule has 1 amide bonds. The van der Waals surface area contributed by atoms with Crippen molar-refractivity contribution < 1.29 is 28.3 Å². The largest absolute Gasteiger partial charge is 0.390 e. The molecule has 1 saturated heterocycles. The number of sulfonamides is 1. The summed E-state index contributed by atoms with van der Waals surface area (Å²) in [5.74, 6) is -0.597. The highest BCUT2D eigenvalue weighted by atomic mass is 32.2. The van der Waals surface area contributed by atoms with Gasteiger partial charge in [0.05, 0.1) is 30.3 Å². The number of nitrogens with zero attached hydrogens (tertiary/aromatic N) is 1. The molecule has 1 fully saturated rings. The first kappa shape index (κ1) is 25.0. The zero-order chi connectivity index (χ0) is 25.1. The Kier molecular flexibility index (Phi) is 7.34. The lowest BCUT2D eigenvalue weighted by atomic mass is 9.84. The van der Waals surface area contributed by atoms with Crippen LogP contribution in [0.15, 0.2) is 89.8 Å². The third-order valence-electron chi connectivity index (χ3n) is 6.20. The predicted octanol–water partition coefficient (Wildman–Crippen LogP) is 2.93. The summed E-state index contributed by atoms with van der Waals surface area (Å²) in [5.41, 5.74) is 0.656. The molecule has 3 aromatic carbocycles. The van der Waals surface area contributed by atoms with Crippen LogP contribution in [-0.2, 0) is 14.8 Å². The fraction of sp³-hybridized carbons (Fsp3) is 0.269. The molecule has 1 aliphatic heterocycles. The van der Waals surface area contributed by atoms with Crippen molar-refractivity contribution in [2.45, 2.75) is 24.0 Å². The van der Waals surface area contributed by atoms with Crippen LogP contribution in [0.2, 0.25) is 0 Å². The van der Waals surface area contributed by atoms with Gasteiger partial charge in [-0.1, -0.05) is 73.7 Å². The van der Waals surface area contributed by atoms with Crippen molar-refractivity contribution in [2.24, 2.45) is 5.41 Å². The van der Waals surface area contributed by atoms with Crippen LogP contribution in [0, 0.1) is 5.41 Å². The number of carbonyl (C=O) groups is 1. The highest BCUT2D eigenvalue weighted by Crippen LogP contribution is 2.34. The molecule has 1 aliphatic rings. The van der Waals surface area contributed by atoms with Crippen LogP contribution < -0.4 is 4.72 Å². The summed E-state index contributed by atoms with van der Waals surface area (Å²) in [5, 5.41) is 21.8. The predicted molar refractivity (Wildman–Crippen MR) is 130 cm³/mol. The normalized spacial score (nSPS) is 22.1. The Morgan fingerprint density at radius 1 is 1.03 bits per heavy atom. The third-order valence-corrected chi connectivity index (χ3v) is 7.68. The van der Waals surface area contributed by atoms with Crippen LogP contribution in [0.5, 0.6) is 0 Å². The van der Waals surface area contributed by atoms with E-state index in [-0.39, 0.29) is 24.6 Å². The number of benzene rings is 3. The Balaban J connectivity index is 1.43. The van der Waals surface area contributed by atoms with Crippen LogP contribution in [0.25, 0.3) is 11.1 Å². The van der Waals surface area contributed by atoms with E-state index in [4.69, 9.17) is 4.74 Å². The van der Waals surface area contributed by atoms with E-state index in [0.717, 1.165) is 5.56 Å². The van der Waals surface area contributed by atoms with Gasteiger partial charge in [0.2, 0.25) is 10.0 Å². The molecule has 0 aromatic heterocycles. The zero-order valence-corrected chi connectivity index (χ0v) is 20.1. The minimum absolute atomic E-state index is 0.0420. The van der Waals surface area contributed by atoms with Gasteiger partial charge in [0, 0.05) is 23.1 Å². The molecule has 3 N–H and O–H groups in total. The molecule has 8 nitrogen and oxygen atoms in total. The fourth-order valence-electron chi connectivity index (χ4n) is 4.20. The number of hydrogen-bond acceptors (Lipinski definition) is 6. The molecule has 0 saturated carbocycles. The van der Waals surface area contributed by atoms with Crippen molar-refractivity contribution in [1.29, 1.82) is 0 Å². The molecule has 0 aliphatic carbocycles. The monoisotopic (exact) mass is 496 g/mol. The fourth-order valence-corrected chi connectivity index (χ4v) is 5.48. The number of rotatable bonds is 8. The summed E-state index contributed by atoms with van der Waals surface area (Å²) < 4.78 is 34.5. The number of aliphatic hydroxyl groups is 1. The second-order valence-corrected chi connectivity index (χ2v) is 10.6. The number of amides is 1. The summed E-state index contributed by atoms with van der Waals surface area (Å²) in [4.78, 5) is 12.6. The van der Waals surface area contributed by atoms with E-state index in [0.29, 0.717) is 16.2 Å². The maximum Gasteiger partial charge on any atom is 0.277 e. The zero-order valence-electron chi connectivity index (χ0n) is 19.2. The summed E-state index contributed by atoms with van der Waals surface area (Å²) in [6.07, 6.45) is -1.97. The van der Waals surface area contributed by atoms with Crippen LogP contribution in [0.4, 0.5) is 0 Å².